The van der Waals surface area contributed by atoms with Crippen molar-refractivity contribution in [2.24, 2.45) is 7.05 Å². The zero-order valence-electron chi connectivity index (χ0n) is 10.9. The Labute approximate surface area is 107 Å². The van der Waals surface area contributed by atoms with Crippen LogP contribution in [0.5, 0.6) is 0 Å². The molecule has 0 saturated heterocycles. The molecule has 2 rings (SSSR count). The summed E-state index contributed by atoms with van der Waals surface area (Å²) in [5.41, 5.74) is 1.04. The fourth-order valence-corrected chi connectivity index (χ4v) is 2.02. The molecule has 0 spiro atoms. The summed E-state index contributed by atoms with van der Waals surface area (Å²) in [7, 11) is 2.02. The van der Waals surface area contributed by atoms with E-state index in [-0.39, 0.29) is 6.04 Å². The number of nitrogens with one attached hydrogen (secondary N) is 1. The van der Waals surface area contributed by atoms with E-state index in [1.165, 1.54) is 0 Å². The molecule has 0 saturated carbocycles. The lowest BCUT2D eigenvalue weighted by molar-refractivity contribution is 0.494. The minimum absolute atomic E-state index is 0.259. The highest BCUT2D eigenvalue weighted by Crippen LogP contribution is 2.15. The monoisotopic (exact) mass is 245 g/mol. The molecule has 18 heavy (non-hydrogen) atoms. The molecule has 0 aromatic carbocycles. The van der Waals surface area contributed by atoms with Crippen molar-refractivity contribution in [2.45, 2.75) is 25.8 Å². The van der Waals surface area contributed by atoms with Crippen LogP contribution in [0.4, 0.5) is 0 Å². The van der Waals surface area contributed by atoms with Gasteiger partial charge in [0.05, 0.1) is 11.7 Å². The topological polar surface area (TPSA) is 55.6 Å². The normalized spacial score (nSPS) is 12.6. The molecule has 0 radical (unpaired) electrons. The van der Waals surface area contributed by atoms with Crippen molar-refractivity contribution in [2.75, 3.05) is 6.54 Å². The molecule has 1 atom stereocenters. The maximum absolute atomic E-state index is 4.34. The molecule has 0 aliphatic carbocycles. The summed E-state index contributed by atoms with van der Waals surface area (Å²) in [5.74, 6) is 1.10. The summed E-state index contributed by atoms with van der Waals surface area (Å²) in [4.78, 5) is 12.6. The van der Waals surface area contributed by atoms with Crippen LogP contribution >= 0.6 is 0 Å². The molecule has 0 aliphatic rings. The Balaban J connectivity index is 2.01. The zero-order valence-corrected chi connectivity index (χ0v) is 10.9. The van der Waals surface area contributed by atoms with Gasteiger partial charge in [0.1, 0.15) is 12.2 Å². The summed E-state index contributed by atoms with van der Waals surface area (Å²) >= 11 is 0. The molecule has 2 aromatic heterocycles. The van der Waals surface area contributed by atoms with Crippen LogP contribution in [0.1, 0.15) is 30.9 Å². The number of aromatic nitrogens is 4. The number of rotatable bonds is 6. The number of hydrogen-bond donors (Lipinski definition) is 1. The first-order chi connectivity index (χ1) is 8.81. The second-order valence-electron chi connectivity index (χ2n) is 4.24. The molecule has 0 fully saturated rings. The van der Waals surface area contributed by atoms with Crippen molar-refractivity contribution >= 4 is 0 Å². The summed E-state index contributed by atoms with van der Waals surface area (Å²) < 4.78 is 2.06. The molecule has 0 amide bonds. The molecule has 5 nitrogen and oxygen atoms in total. The minimum Gasteiger partial charge on any atom is -0.338 e. The standard InChI is InChI=1S/C13H19N5/c1-3-15-11(12-6-7-14-10-17-12)4-5-13-16-8-9-18(13)2/h6-11,15H,3-5H2,1-2H3. The van der Waals surface area contributed by atoms with Crippen LogP contribution < -0.4 is 5.32 Å². The Morgan fingerprint density at radius 3 is 2.83 bits per heavy atom. The molecule has 96 valence electrons. The Bertz CT molecular complexity index is 465. The molecule has 1 N–H and O–H groups in total. The van der Waals surface area contributed by atoms with Crippen LogP contribution in [0.25, 0.3) is 0 Å². The first kappa shape index (κ1) is 12.7. The molecule has 0 bridgehead atoms. The summed E-state index contributed by atoms with van der Waals surface area (Å²) in [6.45, 7) is 3.03. The average Bonchev–Trinajstić information content (AvgIpc) is 2.81. The third-order valence-electron chi connectivity index (χ3n) is 2.99. The third kappa shape index (κ3) is 3.13. The molecular formula is C13H19N5. The predicted octanol–water partition coefficient (Wildman–Crippen LogP) is 1.49. The van der Waals surface area contributed by atoms with Gasteiger partial charge in [-0.2, -0.15) is 0 Å². The van der Waals surface area contributed by atoms with Crippen LogP contribution in [-0.4, -0.2) is 26.1 Å². The first-order valence-corrected chi connectivity index (χ1v) is 6.26. The van der Waals surface area contributed by atoms with Gasteiger partial charge < -0.3 is 9.88 Å². The van der Waals surface area contributed by atoms with Gasteiger partial charge in [0.2, 0.25) is 0 Å². The summed E-state index contributed by atoms with van der Waals surface area (Å²) in [5, 5.41) is 3.45. The summed E-state index contributed by atoms with van der Waals surface area (Å²) in [6, 6.07) is 2.22. The van der Waals surface area contributed by atoms with E-state index in [1.54, 1.807) is 12.5 Å². The quantitative estimate of drug-likeness (QED) is 0.838. The lowest BCUT2D eigenvalue weighted by Gasteiger charge is -2.16. The van der Waals surface area contributed by atoms with Gasteiger partial charge in [0.15, 0.2) is 0 Å². The van der Waals surface area contributed by atoms with Gasteiger partial charge in [0.25, 0.3) is 0 Å². The maximum Gasteiger partial charge on any atom is 0.115 e. The highest BCUT2D eigenvalue weighted by Gasteiger charge is 2.12. The highest BCUT2D eigenvalue weighted by atomic mass is 15.0. The van der Waals surface area contributed by atoms with Crippen LogP contribution in [0, 0.1) is 0 Å². The second-order valence-corrected chi connectivity index (χ2v) is 4.24. The van der Waals surface area contributed by atoms with Crippen LogP contribution in [0.2, 0.25) is 0 Å². The van der Waals surface area contributed by atoms with Gasteiger partial charge in [-0.15, -0.1) is 0 Å². The average molecular weight is 245 g/mol. The smallest absolute Gasteiger partial charge is 0.115 e. The largest absolute Gasteiger partial charge is 0.338 e. The van der Waals surface area contributed by atoms with Crippen molar-refractivity contribution < 1.29 is 0 Å². The van der Waals surface area contributed by atoms with Gasteiger partial charge in [0, 0.05) is 32.1 Å². The first-order valence-electron chi connectivity index (χ1n) is 6.26. The van der Waals surface area contributed by atoms with Gasteiger partial charge in [-0.1, -0.05) is 6.92 Å². The van der Waals surface area contributed by atoms with Gasteiger partial charge in [-0.25, -0.2) is 15.0 Å². The predicted molar refractivity (Wildman–Crippen MR) is 70.0 cm³/mol. The summed E-state index contributed by atoms with van der Waals surface area (Å²) in [6.07, 6.45) is 9.11. The van der Waals surface area contributed by atoms with E-state index in [0.717, 1.165) is 30.9 Å². The maximum atomic E-state index is 4.34. The Morgan fingerprint density at radius 2 is 2.22 bits per heavy atom. The van der Waals surface area contributed by atoms with Crippen molar-refractivity contribution in [1.82, 2.24) is 24.8 Å². The van der Waals surface area contributed by atoms with Crippen LogP contribution in [0.15, 0.2) is 31.0 Å². The van der Waals surface area contributed by atoms with E-state index < -0.39 is 0 Å². The third-order valence-corrected chi connectivity index (χ3v) is 2.99. The number of nitrogens with zero attached hydrogens (tertiary/aromatic N) is 4. The van der Waals surface area contributed by atoms with Crippen molar-refractivity contribution in [3.05, 3.63) is 42.5 Å². The Hall–Kier alpha value is -1.75. The van der Waals surface area contributed by atoms with Gasteiger partial charge >= 0.3 is 0 Å². The van der Waals surface area contributed by atoms with E-state index >= 15 is 0 Å². The Morgan fingerprint density at radius 1 is 1.33 bits per heavy atom. The lowest BCUT2D eigenvalue weighted by atomic mass is 10.1. The minimum atomic E-state index is 0.259. The Kier molecular flexibility index (Phi) is 4.41. The highest BCUT2D eigenvalue weighted by molar-refractivity contribution is 5.05. The molecule has 5 heteroatoms. The molecule has 0 aliphatic heterocycles. The van der Waals surface area contributed by atoms with Gasteiger partial charge in [-0.3, -0.25) is 0 Å². The van der Waals surface area contributed by atoms with E-state index in [2.05, 4.69) is 31.8 Å². The number of imidazole rings is 1. The number of hydrogen-bond acceptors (Lipinski definition) is 4. The second kappa shape index (κ2) is 6.26. The molecule has 2 aromatic rings. The van der Waals surface area contributed by atoms with Crippen LogP contribution in [-0.2, 0) is 13.5 Å². The molecule has 1 unspecified atom stereocenters. The molecule has 2 heterocycles. The zero-order chi connectivity index (χ0) is 12.8. The van der Waals surface area contributed by atoms with Crippen molar-refractivity contribution in [3.8, 4) is 0 Å². The SMILES string of the molecule is CCNC(CCc1nccn1C)c1ccncn1. The van der Waals surface area contributed by atoms with Crippen molar-refractivity contribution in [3.63, 3.8) is 0 Å². The lowest BCUT2D eigenvalue weighted by Crippen LogP contribution is -2.22. The van der Waals surface area contributed by atoms with Gasteiger partial charge in [-0.05, 0) is 19.0 Å². The molecular weight excluding hydrogens is 226 g/mol. The fourth-order valence-electron chi connectivity index (χ4n) is 2.02. The van der Waals surface area contributed by atoms with Crippen molar-refractivity contribution in [1.29, 1.82) is 0 Å². The van der Waals surface area contributed by atoms with E-state index in [9.17, 15) is 0 Å². The number of aryl methyl sites for hydroxylation is 2. The van der Waals surface area contributed by atoms with E-state index in [0.29, 0.717) is 0 Å². The van der Waals surface area contributed by atoms with E-state index in [1.807, 2.05) is 25.5 Å². The van der Waals surface area contributed by atoms with Crippen LogP contribution in [0.3, 0.4) is 0 Å². The van der Waals surface area contributed by atoms with E-state index in [4.69, 9.17) is 0 Å². The fraction of sp³-hybridized carbons (Fsp3) is 0.462.